The maximum Gasteiger partial charge on any atom is 0.341 e. The predicted octanol–water partition coefficient (Wildman–Crippen LogP) is 3.54. The minimum Gasteiger partial charge on any atom is -0.490 e. The number of rotatable bonds is 8. The molecule has 1 amide bonds. The number of nitrogens with zero attached hydrogens (tertiary/aromatic N) is 1. The average molecular weight is 384 g/mol. The van der Waals surface area contributed by atoms with Crippen LogP contribution in [-0.4, -0.2) is 42.1 Å². The second-order valence-electron chi connectivity index (χ2n) is 5.14. The van der Waals surface area contributed by atoms with Gasteiger partial charge >= 0.3 is 5.97 Å². The Kier molecular flexibility index (Phi) is 6.66. The summed E-state index contributed by atoms with van der Waals surface area (Å²) in [4.78, 5) is 25.8. The van der Waals surface area contributed by atoms with Crippen molar-refractivity contribution < 1.29 is 24.2 Å². The summed E-state index contributed by atoms with van der Waals surface area (Å²) in [6.45, 7) is 2.12. The number of carbonyl (C=O) groups is 2. The summed E-state index contributed by atoms with van der Waals surface area (Å²) in [6, 6.07) is 8.35. The molecular formula is C17H18ClNO5S. The molecule has 1 aromatic heterocycles. The van der Waals surface area contributed by atoms with Gasteiger partial charge in [0.25, 0.3) is 5.91 Å². The maximum atomic E-state index is 12.6. The summed E-state index contributed by atoms with van der Waals surface area (Å²) < 4.78 is 11.3. The van der Waals surface area contributed by atoms with Crippen molar-refractivity contribution in [1.29, 1.82) is 0 Å². The first kappa shape index (κ1) is 19.1. The van der Waals surface area contributed by atoms with E-state index in [1.54, 1.807) is 37.1 Å². The molecule has 2 rings (SSSR count). The summed E-state index contributed by atoms with van der Waals surface area (Å²) in [5.74, 6) is -0.650. The lowest BCUT2D eigenvalue weighted by molar-refractivity contribution is -0.139. The molecule has 134 valence electrons. The van der Waals surface area contributed by atoms with E-state index in [0.29, 0.717) is 28.8 Å². The summed E-state index contributed by atoms with van der Waals surface area (Å²) in [5, 5.41) is 8.72. The molecule has 8 heteroatoms. The molecule has 1 aromatic carbocycles. The van der Waals surface area contributed by atoms with Crippen LogP contribution in [0.5, 0.6) is 11.5 Å². The van der Waals surface area contributed by atoms with Gasteiger partial charge in [-0.1, -0.05) is 11.6 Å². The molecule has 2 aromatic rings. The number of ether oxygens (including phenoxy) is 2. The molecule has 0 aliphatic carbocycles. The van der Waals surface area contributed by atoms with Gasteiger partial charge in [0.1, 0.15) is 0 Å². The minimum atomic E-state index is -1.09. The van der Waals surface area contributed by atoms with Crippen LogP contribution >= 0.6 is 22.9 Å². The van der Waals surface area contributed by atoms with E-state index in [2.05, 4.69) is 0 Å². The summed E-state index contributed by atoms with van der Waals surface area (Å²) in [7, 11) is 1.70. The van der Waals surface area contributed by atoms with E-state index in [1.807, 2.05) is 6.07 Å². The number of carboxylic acid groups (broad SMARTS) is 1. The smallest absolute Gasteiger partial charge is 0.341 e. The highest BCUT2D eigenvalue weighted by atomic mass is 35.5. The highest BCUT2D eigenvalue weighted by Crippen LogP contribution is 2.29. The summed E-state index contributed by atoms with van der Waals surface area (Å²) in [5.41, 5.74) is 0.427. The molecule has 0 radical (unpaired) electrons. The van der Waals surface area contributed by atoms with Gasteiger partial charge in [-0.05, 0) is 37.3 Å². The van der Waals surface area contributed by atoms with Crippen LogP contribution in [0.4, 0.5) is 0 Å². The fourth-order valence-electron chi connectivity index (χ4n) is 2.13. The third kappa shape index (κ3) is 5.37. The third-order valence-corrected chi connectivity index (χ3v) is 4.43. The van der Waals surface area contributed by atoms with Crippen molar-refractivity contribution in [2.45, 2.75) is 13.5 Å². The van der Waals surface area contributed by atoms with Gasteiger partial charge in [0.15, 0.2) is 18.1 Å². The van der Waals surface area contributed by atoms with E-state index in [1.165, 1.54) is 17.4 Å². The molecular weight excluding hydrogens is 366 g/mol. The average Bonchev–Trinajstić information content (AvgIpc) is 2.98. The highest BCUT2D eigenvalue weighted by Gasteiger charge is 2.16. The zero-order valence-corrected chi connectivity index (χ0v) is 15.4. The summed E-state index contributed by atoms with van der Waals surface area (Å²) >= 11 is 7.33. The van der Waals surface area contributed by atoms with Crippen LogP contribution < -0.4 is 9.47 Å². The van der Waals surface area contributed by atoms with Gasteiger partial charge in [0.05, 0.1) is 17.5 Å². The summed E-state index contributed by atoms with van der Waals surface area (Å²) in [6.07, 6.45) is 0. The van der Waals surface area contributed by atoms with Gasteiger partial charge in [0, 0.05) is 17.5 Å². The van der Waals surface area contributed by atoms with Gasteiger partial charge in [-0.3, -0.25) is 4.79 Å². The molecule has 0 atom stereocenters. The zero-order valence-electron chi connectivity index (χ0n) is 13.8. The largest absolute Gasteiger partial charge is 0.490 e. The van der Waals surface area contributed by atoms with Crippen LogP contribution in [0.2, 0.25) is 4.34 Å². The van der Waals surface area contributed by atoms with Crippen molar-refractivity contribution in [2.75, 3.05) is 20.3 Å². The second-order valence-corrected chi connectivity index (χ2v) is 6.94. The van der Waals surface area contributed by atoms with Crippen molar-refractivity contribution in [3.63, 3.8) is 0 Å². The molecule has 25 heavy (non-hydrogen) atoms. The molecule has 0 unspecified atom stereocenters. The molecule has 1 heterocycles. The first-order valence-corrected chi connectivity index (χ1v) is 8.71. The standard InChI is InChI=1S/C17H18ClNO5S/c1-3-23-14-8-11(4-6-13(14)24-10-16(20)21)17(22)19(2)9-12-5-7-15(18)25-12/h4-8H,3,9-10H2,1-2H3,(H,20,21). The number of benzene rings is 1. The molecule has 0 saturated heterocycles. The van der Waals surface area contributed by atoms with Crippen LogP contribution in [0, 0.1) is 0 Å². The number of amides is 1. The first-order valence-electron chi connectivity index (χ1n) is 7.51. The predicted molar refractivity (Wildman–Crippen MR) is 95.9 cm³/mol. The quantitative estimate of drug-likeness (QED) is 0.754. The number of halogens is 1. The van der Waals surface area contributed by atoms with Crippen molar-refractivity contribution in [3.8, 4) is 11.5 Å². The van der Waals surface area contributed by atoms with E-state index >= 15 is 0 Å². The molecule has 1 N–H and O–H groups in total. The number of carbonyl (C=O) groups excluding carboxylic acids is 1. The fourth-order valence-corrected chi connectivity index (χ4v) is 3.27. The Morgan fingerprint density at radius 1 is 1.20 bits per heavy atom. The van der Waals surface area contributed by atoms with E-state index in [4.69, 9.17) is 26.2 Å². The SMILES string of the molecule is CCOc1cc(C(=O)N(C)Cc2ccc(Cl)s2)ccc1OCC(=O)O. The monoisotopic (exact) mass is 383 g/mol. The van der Waals surface area contributed by atoms with E-state index in [-0.39, 0.29) is 11.7 Å². The fraction of sp³-hybridized carbons (Fsp3) is 0.294. The van der Waals surface area contributed by atoms with E-state index in [9.17, 15) is 9.59 Å². The van der Waals surface area contributed by atoms with E-state index in [0.717, 1.165) is 4.88 Å². The molecule has 0 spiro atoms. The Bertz CT molecular complexity index is 761. The van der Waals surface area contributed by atoms with Gasteiger partial charge in [-0.25, -0.2) is 4.79 Å². The van der Waals surface area contributed by atoms with Crippen molar-refractivity contribution in [3.05, 3.63) is 45.1 Å². The van der Waals surface area contributed by atoms with Gasteiger partial charge in [0.2, 0.25) is 0 Å². The van der Waals surface area contributed by atoms with Crippen LogP contribution in [0.3, 0.4) is 0 Å². The number of thiophene rings is 1. The first-order chi connectivity index (χ1) is 11.9. The highest BCUT2D eigenvalue weighted by molar-refractivity contribution is 7.16. The van der Waals surface area contributed by atoms with Gasteiger partial charge in [-0.2, -0.15) is 0 Å². The van der Waals surface area contributed by atoms with Crippen LogP contribution in [0.1, 0.15) is 22.2 Å². The number of hydrogen-bond acceptors (Lipinski definition) is 5. The molecule has 0 aliphatic rings. The van der Waals surface area contributed by atoms with Crippen molar-refractivity contribution in [2.24, 2.45) is 0 Å². The molecule has 0 bridgehead atoms. The third-order valence-electron chi connectivity index (χ3n) is 3.21. The number of hydrogen-bond donors (Lipinski definition) is 1. The van der Waals surface area contributed by atoms with Crippen molar-refractivity contribution in [1.82, 2.24) is 4.90 Å². The Labute approximate surface area is 154 Å². The topological polar surface area (TPSA) is 76.1 Å². The van der Waals surface area contributed by atoms with Crippen LogP contribution in [-0.2, 0) is 11.3 Å². The Morgan fingerprint density at radius 3 is 2.56 bits per heavy atom. The molecule has 6 nitrogen and oxygen atoms in total. The minimum absolute atomic E-state index is 0.185. The maximum absolute atomic E-state index is 12.6. The van der Waals surface area contributed by atoms with Gasteiger partial charge in [-0.15, -0.1) is 11.3 Å². The molecule has 0 fully saturated rings. The number of carboxylic acids is 1. The van der Waals surface area contributed by atoms with Crippen molar-refractivity contribution >= 4 is 34.8 Å². The van der Waals surface area contributed by atoms with E-state index < -0.39 is 12.6 Å². The molecule has 0 aliphatic heterocycles. The Balaban J connectivity index is 2.15. The lowest BCUT2D eigenvalue weighted by atomic mass is 10.1. The Hall–Kier alpha value is -2.25. The normalized spacial score (nSPS) is 10.4. The second kappa shape index (κ2) is 8.73. The lowest BCUT2D eigenvalue weighted by Crippen LogP contribution is -2.25. The Morgan fingerprint density at radius 2 is 1.96 bits per heavy atom. The number of aliphatic carboxylic acids is 1. The van der Waals surface area contributed by atoms with Crippen LogP contribution in [0.25, 0.3) is 0 Å². The zero-order chi connectivity index (χ0) is 18.4. The lowest BCUT2D eigenvalue weighted by Gasteiger charge is -2.18. The molecule has 0 saturated carbocycles. The van der Waals surface area contributed by atoms with Crippen LogP contribution in [0.15, 0.2) is 30.3 Å². The van der Waals surface area contributed by atoms with Gasteiger partial charge < -0.3 is 19.5 Å².